The highest BCUT2D eigenvalue weighted by Gasteiger charge is 2.47. The molecule has 0 saturated carbocycles. The molecule has 0 bridgehead atoms. The van der Waals surface area contributed by atoms with Crippen LogP contribution in [-0.2, 0) is 9.53 Å². The molecule has 1 aromatic rings. The van der Waals surface area contributed by atoms with Gasteiger partial charge in [-0.3, -0.25) is 9.59 Å². The predicted molar refractivity (Wildman–Crippen MR) is 76.4 cm³/mol. The monoisotopic (exact) mass is 293 g/mol. The minimum Gasteiger partial charge on any atom is -0.481 e. The minimum absolute atomic E-state index is 0.0884. The number of pyridine rings is 1. The second-order valence-electron chi connectivity index (χ2n) is 5.56. The summed E-state index contributed by atoms with van der Waals surface area (Å²) >= 11 is 0. The van der Waals surface area contributed by atoms with Crippen LogP contribution in [0.4, 0.5) is 5.82 Å². The molecule has 1 aliphatic rings. The van der Waals surface area contributed by atoms with E-state index in [1.165, 1.54) is 6.20 Å². The standard InChI is InChI=1S/C14H19N3O4/c1-14(13(19)20)8-21-7-10(14)16-12(18)9-4-5-11(15-6-9)17(2)3/h4-6,10H,7-8H2,1-3H3,(H,16,18)(H,19,20). The molecule has 7 heteroatoms. The third-order valence-corrected chi connectivity index (χ3v) is 3.72. The number of hydrogen-bond donors (Lipinski definition) is 2. The summed E-state index contributed by atoms with van der Waals surface area (Å²) in [4.78, 5) is 29.5. The molecule has 0 aromatic carbocycles. The number of ether oxygens (including phenoxy) is 1. The van der Waals surface area contributed by atoms with Crippen molar-refractivity contribution in [3.63, 3.8) is 0 Å². The lowest BCUT2D eigenvalue weighted by molar-refractivity contribution is -0.148. The van der Waals surface area contributed by atoms with Crippen molar-refractivity contribution in [3.8, 4) is 0 Å². The highest BCUT2D eigenvalue weighted by molar-refractivity contribution is 5.94. The first-order chi connectivity index (χ1) is 9.84. The first-order valence-corrected chi connectivity index (χ1v) is 6.60. The van der Waals surface area contributed by atoms with Gasteiger partial charge in [-0.25, -0.2) is 4.98 Å². The van der Waals surface area contributed by atoms with Crippen molar-refractivity contribution in [2.45, 2.75) is 13.0 Å². The van der Waals surface area contributed by atoms with Gasteiger partial charge in [0, 0.05) is 20.3 Å². The van der Waals surface area contributed by atoms with Crippen LogP contribution in [0.15, 0.2) is 18.3 Å². The first kappa shape index (κ1) is 15.2. The summed E-state index contributed by atoms with van der Waals surface area (Å²) in [6.45, 7) is 1.85. The fourth-order valence-electron chi connectivity index (χ4n) is 2.11. The number of aliphatic carboxylic acids is 1. The van der Waals surface area contributed by atoms with E-state index in [0.717, 1.165) is 5.82 Å². The normalized spacial score (nSPS) is 24.6. The number of amides is 1. The lowest BCUT2D eigenvalue weighted by Gasteiger charge is -2.25. The molecule has 0 spiro atoms. The van der Waals surface area contributed by atoms with E-state index in [1.54, 1.807) is 19.1 Å². The molecule has 0 radical (unpaired) electrons. The van der Waals surface area contributed by atoms with Crippen molar-refractivity contribution in [1.29, 1.82) is 0 Å². The van der Waals surface area contributed by atoms with Crippen molar-refractivity contribution in [3.05, 3.63) is 23.9 Å². The molecule has 1 fully saturated rings. The Labute approximate surface area is 122 Å². The Morgan fingerprint density at radius 3 is 2.71 bits per heavy atom. The van der Waals surface area contributed by atoms with Crippen LogP contribution >= 0.6 is 0 Å². The minimum atomic E-state index is -1.10. The van der Waals surface area contributed by atoms with E-state index in [1.807, 2.05) is 19.0 Å². The summed E-state index contributed by atoms with van der Waals surface area (Å²) in [5.74, 6) is -0.590. The van der Waals surface area contributed by atoms with Crippen molar-refractivity contribution >= 4 is 17.7 Å². The molecule has 7 nitrogen and oxygen atoms in total. The molecule has 1 saturated heterocycles. The molecule has 1 aliphatic heterocycles. The Morgan fingerprint density at radius 1 is 1.48 bits per heavy atom. The predicted octanol–water partition coefficient (Wildman–Crippen LogP) is 0.367. The Morgan fingerprint density at radius 2 is 2.19 bits per heavy atom. The Balaban J connectivity index is 2.09. The van der Waals surface area contributed by atoms with Gasteiger partial charge in [-0.15, -0.1) is 0 Å². The molecule has 2 N–H and O–H groups in total. The van der Waals surface area contributed by atoms with E-state index >= 15 is 0 Å². The fraction of sp³-hybridized carbons (Fsp3) is 0.500. The largest absolute Gasteiger partial charge is 0.481 e. The molecule has 2 heterocycles. The van der Waals surface area contributed by atoms with E-state index in [2.05, 4.69) is 10.3 Å². The molecule has 1 aromatic heterocycles. The van der Waals surface area contributed by atoms with E-state index in [4.69, 9.17) is 4.74 Å². The summed E-state index contributed by atoms with van der Waals surface area (Å²) in [7, 11) is 3.71. The van der Waals surface area contributed by atoms with Gasteiger partial charge in [0.15, 0.2) is 0 Å². The van der Waals surface area contributed by atoms with Crippen LogP contribution in [0.5, 0.6) is 0 Å². The zero-order valence-electron chi connectivity index (χ0n) is 12.3. The topological polar surface area (TPSA) is 91.8 Å². The van der Waals surface area contributed by atoms with Gasteiger partial charge in [0.1, 0.15) is 11.2 Å². The Kier molecular flexibility index (Phi) is 4.13. The maximum atomic E-state index is 12.2. The first-order valence-electron chi connectivity index (χ1n) is 6.60. The number of aromatic nitrogens is 1. The Hall–Kier alpha value is -2.15. The van der Waals surface area contributed by atoms with E-state index in [-0.39, 0.29) is 19.1 Å². The number of carbonyl (C=O) groups is 2. The average Bonchev–Trinajstić information content (AvgIpc) is 2.81. The van der Waals surface area contributed by atoms with Gasteiger partial charge in [0.05, 0.1) is 24.8 Å². The molecule has 21 heavy (non-hydrogen) atoms. The zero-order valence-corrected chi connectivity index (χ0v) is 12.3. The van der Waals surface area contributed by atoms with Crippen LogP contribution in [0.25, 0.3) is 0 Å². The average molecular weight is 293 g/mol. The van der Waals surface area contributed by atoms with Crippen LogP contribution < -0.4 is 10.2 Å². The molecule has 114 valence electrons. The van der Waals surface area contributed by atoms with Crippen molar-refractivity contribution in [2.75, 3.05) is 32.2 Å². The van der Waals surface area contributed by atoms with Gasteiger partial charge in [0.25, 0.3) is 5.91 Å². The number of hydrogen-bond acceptors (Lipinski definition) is 5. The molecule has 2 rings (SSSR count). The van der Waals surface area contributed by atoms with Crippen LogP contribution in [0.3, 0.4) is 0 Å². The fourth-order valence-corrected chi connectivity index (χ4v) is 2.11. The van der Waals surface area contributed by atoms with Gasteiger partial charge in [-0.2, -0.15) is 0 Å². The van der Waals surface area contributed by atoms with E-state index in [9.17, 15) is 14.7 Å². The number of nitrogens with one attached hydrogen (secondary N) is 1. The lowest BCUT2D eigenvalue weighted by atomic mass is 9.85. The number of carboxylic acids is 1. The molecular formula is C14H19N3O4. The number of anilines is 1. The third kappa shape index (κ3) is 2.97. The second kappa shape index (κ2) is 5.69. The summed E-state index contributed by atoms with van der Waals surface area (Å²) in [6, 6.07) is 2.83. The SMILES string of the molecule is CN(C)c1ccc(C(=O)NC2COCC2(C)C(=O)O)cn1. The van der Waals surface area contributed by atoms with E-state index in [0.29, 0.717) is 5.56 Å². The van der Waals surface area contributed by atoms with Crippen LogP contribution in [0.1, 0.15) is 17.3 Å². The van der Waals surface area contributed by atoms with Crippen molar-refractivity contribution in [1.82, 2.24) is 10.3 Å². The lowest BCUT2D eigenvalue weighted by Crippen LogP contribution is -2.49. The Bertz CT molecular complexity index is 544. The molecule has 2 atom stereocenters. The van der Waals surface area contributed by atoms with Crippen molar-refractivity contribution < 1.29 is 19.4 Å². The van der Waals surface area contributed by atoms with Crippen molar-refractivity contribution in [2.24, 2.45) is 5.41 Å². The van der Waals surface area contributed by atoms with Gasteiger partial charge in [0.2, 0.25) is 0 Å². The van der Waals surface area contributed by atoms with Gasteiger partial charge in [-0.05, 0) is 19.1 Å². The maximum absolute atomic E-state index is 12.2. The molecule has 2 unspecified atom stereocenters. The summed E-state index contributed by atoms with van der Waals surface area (Å²) in [6.07, 6.45) is 1.47. The highest BCUT2D eigenvalue weighted by Crippen LogP contribution is 2.28. The second-order valence-corrected chi connectivity index (χ2v) is 5.56. The summed E-state index contributed by atoms with van der Waals surface area (Å²) < 4.78 is 5.20. The van der Waals surface area contributed by atoms with E-state index < -0.39 is 17.4 Å². The number of carbonyl (C=O) groups excluding carboxylic acids is 1. The third-order valence-electron chi connectivity index (χ3n) is 3.72. The number of rotatable bonds is 4. The van der Waals surface area contributed by atoms with Crippen LogP contribution in [0, 0.1) is 5.41 Å². The number of nitrogens with zero attached hydrogens (tertiary/aromatic N) is 2. The highest BCUT2D eigenvalue weighted by atomic mass is 16.5. The van der Waals surface area contributed by atoms with Gasteiger partial charge in [-0.1, -0.05) is 0 Å². The zero-order chi connectivity index (χ0) is 15.6. The molecular weight excluding hydrogens is 274 g/mol. The van der Waals surface area contributed by atoms with Gasteiger partial charge < -0.3 is 20.1 Å². The summed E-state index contributed by atoms with van der Waals surface area (Å²) in [5, 5.41) is 12.0. The molecule has 0 aliphatic carbocycles. The smallest absolute Gasteiger partial charge is 0.313 e. The molecule has 1 amide bonds. The van der Waals surface area contributed by atoms with Crippen LogP contribution in [-0.4, -0.2) is 55.3 Å². The van der Waals surface area contributed by atoms with Crippen LogP contribution in [0.2, 0.25) is 0 Å². The quantitative estimate of drug-likeness (QED) is 0.833. The van der Waals surface area contributed by atoms with Gasteiger partial charge >= 0.3 is 5.97 Å². The number of carboxylic acid groups (broad SMARTS) is 1. The maximum Gasteiger partial charge on any atom is 0.313 e. The summed E-state index contributed by atoms with van der Waals surface area (Å²) in [5.41, 5.74) is -0.715.